The highest BCUT2D eigenvalue weighted by Crippen LogP contribution is 2.24. The molecule has 0 N–H and O–H groups in total. The van der Waals surface area contributed by atoms with E-state index in [0.717, 1.165) is 0 Å². The second-order valence-corrected chi connectivity index (χ2v) is 3.75. The van der Waals surface area contributed by atoms with E-state index in [1.165, 1.54) is 11.0 Å². The van der Waals surface area contributed by atoms with Crippen molar-refractivity contribution in [3.63, 3.8) is 0 Å². The van der Waals surface area contributed by atoms with Gasteiger partial charge in [-0.25, -0.2) is 0 Å². The summed E-state index contributed by atoms with van der Waals surface area (Å²) in [4.78, 5) is 24.0. The normalized spacial score (nSPS) is 9.61. The van der Waals surface area contributed by atoms with E-state index in [2.05, 4.69) is 5.92 Å². The molecule has 0 saturated carbocycles. The predicted octanol–water partition coefficient (Wildman–Crippen LogP) is 2.00. The Hall–Kier alpha value is -2.35. The van der Waals surface area contributed by atoms with E-state index in [0.29, 0.717) is 12.1 Å². The van der Waals surface area contributed by atoms with Gasteiger partial charge in [-0.2, -0.15) is 0 Å². The zero-order valence-corrected chi connectivity index (χ0v) is 10.3. The number of benzene rings is 1. The number of carbonyl (C=O) groups is 1. The Kier molecular flexibility index (Phi) is 4.44. The van der Waals surface area contributed by atoms with Gasteiger partial charge in [0.25, 0.3) is 11.6 Å². The summed E-state index contributed by atoms with van der Waals surface area (Å²) in [7, 11) is 0. The first-order valence-corrected chi connectivity index (χ1v) is 5.49. The zero-order valence-electron chi connectivity index (χ0n) is 10.3. The van der Waals surface area contributed by atoms with Crippen molar-refractivity contribution in [3.8, 4) is 12.3 Å². The van der Waals surface area contributed by atoms with Gasteiger partial charge >= 0.3 is 0 Å². The lowest BCUT2D eigenvalue weighted by Crippen LogP contribution is -2.31. The fourth-order valence-corrected chi connectivity index (χ4v) is 1.68. The van der Waals surface area contributed by atoms with E-state index in [1.807, 2.05) is 0 Å². The molecule has 0 aliphatic rings. The first kappa shape index (κ1) is 13.7. The van der Waals surface area contributed by atoms with Crippen molar-refractivity contribution in [2.45, 2.75) is 13.8 Å². The molecule has 0 fully saturated rings. The van der Waals surface area contributed by atoms with Crippen LogP contribution >= 0.6 is 0 Å². The summed E-state index contributed by atoms with van der Waals surface area (Å²) in [5.74, 6) is 1.96. The van der Waals surface area contributed by atoms with E-state index in [1.54, 1.807) is 26.0 Å². The van der Waals surface area contributed by atoms with Crippen LogP contribution in [-0.2, 0) is 0 Å². The van der Waals surface area contributed by atoms with Gasteiger partial charge < -0.3 is 4.90 Å². The van der Waals surface area contributed by atoms with Crippen molar-refractivity contribution in [1.29, 1.82) is 0 Å². The van der Waals surface area contributed by atoms with Crippen molar-refractivity contribution >= 4 is 11.6 Å². The molecular weight excluding hydrogens is 232 g/mol. The molecule has 0 heterocycles. The smallest absolute Gasteiger partial charge is 0.285 e. The SMILES string of the molecule is C#CCN(CC)C(=O)c1cccc(C)c1[N+](=O)[O-]. The quantitative estimate of drug-likeness (QED) is 0.463. The minimum atomic E-state index is -0.535. The fourth-order valence-electron chi connectivity index (χ4n) is 1.68. The number of hydrogen-bond donors (Lipinski definition) is 0. The highest BCUT2D eigenvalue weighted by molar-refractivity contribution is 5.98. The number of hydrogen-bond acceptors (Lipinski definition) is 3. The second kappa shape index (κ2) is 5.82. The van der Waals surface area contributed by atoms with E-state index >= 15 is 0 Å². The van der Waals surface area contributed by atoms with Crippen LogP contribution in [0.3, 0.4) is 0 Å². The summed E-state index contributed by atoms with van der Waals surface area (Å²) in [5, 5.41) is 11.0. The highest BCUT2D eigenvalue weighted by Gasteiger charge is 2.25. The van der Waals surface area contributed by atoms with Crippen LogP contribution in [0.15, 0.2) is 18.2 Å². The van der Waals surface area contributed by atoms with Gasteiger partial charge in [0.1, 0.15) is 5.56 Å². The van der Waals surface area contributed by atoms with Crippen LogP contribution in [0.5, 0.6) is 0 Å². The number of carbonyl (C=O) groups excluding carboxylic acids is 1. The molecule has 0 aromatic heterocycles. The van der Waals surface area contributed by atoms with E-state index in [9.17, 15) is 14.9 Å². The number of nitrogens with zero attached hydrogens (tertiary/aromatic N) is 2. The molecule has 94 valence electrons. The fraction of sp³-hybridized carbons (Fsp3) is 0.308. The molecule has 5 heteroatoms. The largest absolute Gasteiger partial charge is 0.328 e. The van der Waals surface area contributed by atoms with Gasteiger partial charge in [-0.1, -0.05) is 18.1 Å². The van der Waals surface area contributed by atoms with Crippen LogP contribution in [0.25, 0.3) is 0 Å². The molecular formula is C13H14N2O3. The van der Waals surface area contributed by atoms with Crippen LogP contribution in [0.2, 0.25) is 0 Å². The Bertz CT molecular complexity index is 517. The third kappa shape index (κ3) is 2.66. The van der Waals surface area contributed by atoms with Crippen molar-refractivity contribution in [3.05, 3.63) is 39.4 Å². The Morgan fingerprint density at radius 3 is 2.72 bits per heavy atom. The molecule has 1 rings (SSSR count). The molecule has 0 spiro atoms. The summed E-state index contributed by atoms with van der Waals surface area (Å²) in [6.45, 7) is 3.93. The average molecular weight is 246 g/mol. The molecule has 1 aromatic carbocycles. The van der Waals surface area contributed by atoms with Gasteiger partial charge in [-0.3, -0.25) is 14.9 Å². The molecule has 1 aromatic rings. The molecule has 18 heavy (non-hydrogen) atoms. The Morgan fingerprint density at radius 2 is 2.22 bits per heavy atom. The molecule has 0 atom stereocenters. The number of amides is 1. The lowest BCUT2D eigenvalue weighted by atomic mass is 10.1. The molecule has 0 bridgehead atoms. The topological polar surface area (TPSA) is 63.5 Å². The predicted molar refractivity (Wildman–Crippen MR) is 68.2 cm³/mol. The maximum atomic E-state index is 12.2. The number of nitro groups is 1. The summed E-state index contributed by atoms with van der Waals surface area (Å²) < 4.78 is 0. The molecule has 0 aliphatic heterocycles. The highest BCUT2D eigenvalue weighted by atomic mass is 16.6. The van der Waals surface area contributed by atoms with Gasteiger partial charge in [0.05, 0.1) is 11.5 Å². The lowest BCUT2D eigenvalue weighted by molar-refractivity contribution is -0.385. The summed E-state index contributed by atoms with van der Waals surface area (Å²) >= 11 is 0. The molecule has 0 saturated heterocycles. The van der Waals surface area contributed by atoms with Crippen LogP contribution in [0, 0.1) is 29.4 Å². The average Bonchev–Trinajstić information content (AvgIpc) is 2.34. The van der Waals surface area contributed by atoms with Crippen molar-refractivity contribution in [1.82, 2.24) is 4.90 Å². The van der Waals surface area contributed by atoms with E-state index in [-0.39, 0.29) is 17.8 Å². The van der Waals surface area contributed by atoms with E-state index < -0.39 is 10.8 Å². The first-order chi connectivity index (χ1) is 8.52. The van der Waals surface area contributed by atoms with Gasteiger partial charge in [-0.05, 0) is 19.9 Å². The number of para-hydroxylation sites is 1. The minimum absolute atomic E-state index is 0.0806. The number of aryl methyl sites for hydroxylation is 1. The second-order valence-electron chi connectivity index (χ2n) is 3.75. The third-order valence-corrected chi connectivity index (χ3v) is 2.60. The van der Waals surface area contributed by atoms with Gasteiger partial charge in [0.2, 0.25) is 0 Å². The third-order valence-electron chi connectivity index (χ3n) is 2.60. The van der Waals surface area contributed by atoms with Crippen molar-refractivity contribution in [2.24, 2.45) is 0 Å². The Balaban J connectivity index is 3.25. The molecule has 0 radical (unpaired) electrons. The lowest BCUT2D eigenvalue weighted by Gasteiger charge is -2.18. The Morgan fingerprint density at radius 1 is 1.56 bits per heavy atom. The maximum Gasteiger partial charge on any atom is 0.285 e. The zero-order chi connectivity index (χ0) is 13.7. The van der Waals surface area contributed by atoms with Crippen molar-refractivity contribution in [2.75, 3.05) is 13.1 Å². The number of nitro benzene ring substituents is 1. The van der Waals surface area contributed by atoms with Gasteiger partial charge in [-0.15, -0.1) is 6.42 Å². The van der Waals surface area contributed by atoms with Crippen LogP contribution in [-0.4, -0.2) is 28.8 Å². The standard InChI is InChI=1S/C13H14N2O3/c1-4-9-14(5-2)13(16)11-8-6-7-10(3)12(11)15(17)18/h1,6-8H,5,9H2,2-3H3. The summed E-state index contributed by atoms with van der Waals surface area (Å²) in [6.07, 6.45) is 5.17. The van der Waals surface area contributed by atoms with Crippen LogP contribution in [0.4, 0.5) is 5.69 Å². The van der Waals surface area contributed by atoms with Crippen molar-refractivity contribution < 1.29 is 9.72 Å². The minimum Gasteiger partial charge on any atom is -0.328 e. The molecule has 0 unspecified atom stereocenters. The van der Waals surface area contributed by atoms with Gasteiger partial charge in [0.15, 0.2) is 0 Å². The first-order valence-electron chi connectivity index (χ1n) is 5.49. The summed E-state index contributed by atoms with van der Waals surface area (Å²) in [5.41, 5.74) is 0.387. The van der Waals surface area contributed by atoms with Crippen LogP contribution < -0.4 is 0 Å². The van der Waals surface area contributed by atoms with E-state index in [4.69, 9.17) is 6.42 Å². The number of rotatable bonds is 4. The maximum absolute atomic E-state index is 12.2. The van der Waals surface area contributed by atoms with Crippen LogP contribution in [0.1, 0.15) is 22.8 Å². The monoisotopic (exact) mass is 246 g/mol. The van der Waals surface area contributed by atoms with Gasteiger partial charge in [0, 0.05) is 12.1 Å². The summed E-state index contributed by atoms with van der Waals surface area (Å²) in [6, 6.07) is 4.68. The number of terminal acetylenes is 1. The molecule has 5 nitrogen and oxygen atoms in total. The molecule has 0 aliphatic carbocycles. The Labute approximate surface area is 106 Å². The molecule has 1 amide bonds.